The summed E-state index contributed by atoms with van der Waals surface area (Å²) in [7, 11) is 0. The number of carbonyl (C=O) groups excluding carboxylic acids is 2. The SMILES string of the molecule is CC(NC(=O)C(C)(C)C)C(=O)Nc1ncn[nH]1. The van der Waals surface area contributed by atoms with Crippen molar-refractivity contribution < 1.29 is 9.59 Å². The summed E-state index contributed by atoms with van der Waals surface area (Å²) in [5.74, 6) is -0.274. The Morgan fingerprint density at radius 3 is 2.53 bits per heavy atom. The van der Waals surface area contributed by atoms with Gasteiger partial charge in [0.15, 0.2) is 0 Å². The number of H-pyrrole nitrogens is 1. The van der Waals surface area contributed by atoms with Crippen molar-refractivity contribution >= 4 is 17.8 Å². The molecule has 0 spiro atoms. The molecule has 0 radical (unpaired) electrons. The van der Waals surface area contributed by atoms with Crippen molar-refractivity contribution in [2.45, 2.75) is 33.7 Å². The number of hydrogen-bond donors (Lipinski definition) is 3. The highest BCUT2D eigenvalue weighted by Gasteiger charge is 2.25. The maximum Gasteiger partial charge on any atom is 0.249 e. The van der Waals surface area contributed by atoms with Gasteiger partial charge in [-0.2, -0.15) is 10.1 Å². The summed E-state index contributed by atoms with van der Waals surface area (Å²) < 4.78 is 0. The summed E-state index contributed by atoms with van der Waals surface area (Å²) in [6.07, 6.45) is 1.29. The second-order valence-corrected chi connectivity index (χ2v) is 4.77. The molecular weight excluding hydrogens is 222 g/mol. The molecule has 1 aromatic rings. The second kappa shape index (κ2) is 4.94. The largest absolute Gasteiger partial charge is 0.344 e. The van der Waals surface area contributed by atoms with Crippen molar-refractivity contribution in [3.8, 4) is 0 Å². The minimum atomic E-state index is -0.633. The zero-order chi connectivity index (χ0) is 13.1. The molecule has 1 aromatic heterocycles. The number of anilines is 1. The summed E-state index contributed by atoms with van der Waals surface area (Å²) in [6, 6.07) is -0.633. The molecule has 7 nitrogen and oxygen atoms in total. The Hall–Kier alpha value is -1.92. The molecule has 1 unspecified atom stereocenters. The fraction of sp³-hybridized carbons (Fsp3) is 0.600. The van der Waals surface area contributed by atoms with Crippen LogP contribution in [0.2, 0.25) is 0 Å². The Morgan fingerprint density at radius 2 is 2.06 bits per heavy atom. The van der Waals surface area contributed by atoms with Crippen LogP contribution in [0.4, 0.5) is 5.95 Å². The molecule has 3 N–H and O–H groups in total. The summed E-state index contributed by atoms with van der Waals surface area (Å²) >= 11 is 0. The molecule has 0 aliphatic rings. The van der Waals surface area contributed by atoms with E-state index < -0.39 is 11.5 Å². The lowest BCUT2D eigenvalue weighted by atomic mass is 9.95. The van der Waals surface area contributed by atoms with E-state index in [1.807, 2.05) is 0 Å². The molecule has 2 amide bonds. The van der Waals surface area contributed by atoms with Gasteiger partial charge in [-0.1, -0.05) is 20.8 Å². The van der Waals surface area contributed by atoms with Crippen LogP contribution in [0.25, 0.3) is 0 Å². The second-order valence-electron chi connectivity index (χ2n) is 4.77. The van der Waals surface area contributed by atoms with Gasteiger partial charge in [0, 0.05) is 5.41 Å². The molecule has 0 saturated heterocycles. The molecule has 0 bridgehead atoms. The van der Waals surface area contributed by atoms with Crippen molar-refractivity contribution in [2.75, 3.05) is 5.32 Å². The van der Waals surface area contributed by atoms with Gasteiger partial charge in [-0.15, -0.1) is 0 Å². The third-order valence-corrected chi connectivity index (χ3v) is 2.08. The zero-order valence-corrected chi connectivity index (χ0v) is 10.4. The number of aromatic nitrogens is 3. The first-order valence-corrected chi connectivity index (χ1v) is 5.28. The summed E-state index contributed by atoms with van der Waals surface area (Å²) in [5.41, 5.74) is -0.527. The summed E-state index contributed by atoms with van der Waals surface area (Å²) in [5, 5.41) is 11.2. The van der Waals surface area contributed by atoms with E-state index in [4.69, 9.17) is 0 Å². The van der Waals surface area contributed by atoms with Crippen molar-refractivity contribution in [1.29, 1.82) is 0 Å². The highest BCUT2D eigenvalue weighted by Crippen LogP contribution is 2.12. The van der Waals surface area contributed by atoms with Gasteiger partial charge in [0.05, 0.1) is 0 Å². The van der Waals surface area contributed by atoms with Crippen LogP contribution in [0.1, 0.15) is 27.7 Å². The Balaban J connectivity index is 2.51. The van der Waals surface area contributed by atoms with Crippen LogP contribution in [-0.2, 0) is 9.59 Å². The lowest BCUT2D eigenvalue weighted by Gasteiger charge is -2.21. The number of amides is 2. The molecule has 1 rings (SSSR count). The van der Waals surface area contributed by atoms with Gasteiger partial charge in [-0.05, 0) is 6.92 Å². The van der Waals surface area contributed by atoms with Crippen LogP contribution < -0.4 is 10.6 Å². The Morgan fingerprint density at radius 1 is 1.41 bits per heavy atom. The molecular formula is C10H17N5O2. The summed E-state index contributed by atoms with van der Waals surface area (Å²) in [6.45, 7) is 6.95. The topological polar surface area (TPSA) is 99.8 Å². The fourth-order valence-electron chi connectivity index (χ4n) is 0.969. The normalized spacial score (nSPS) is 12.9. The lowest BCUT2D eigenvalue weighted by Crippen LogP contribution is -2.46. The molecule has 7 heteroatoms. The number of rotatable bonds is 3. The first-order valence-electron chi connectivity index (χ1n) is 5.28. The minimum Gasteiger partial charge on any atom is -0.344 e. The molecule has 1 heterocycles. The summed E-state index contributed by atoms with van der Waals surface area (Å²) in [4.78, 5) is 27.1. The van der Waals surface area contributed by atoms with E-state index in [-0.39, 0.29) is 17.8 Å². The highest BCUT2D eigenvalue weighted by molar-refractivity contribution is 5.96. The zero-order valence-electron chi connectivity index (χ0n) is 10.4. The van der Waals surface area contributed by atoms with Gasteiger partial charge in [0.1, 0.15) is 12.4 Å². The molecule has 1 atom stereocenters. The van der Waals surface area contributed by atoms with E-state index >= 15 is 0 Å². The maximum atomic E-state index is 11.7. The van der Waals surface area contributed by atoms with Gasteiger partial charge in [0.2, 0.25) is 17.8 Å². The van der Waals surface area contributed by atoms with Crippen LogP contribution in [0.5, 0.6) is 0 Å². The van der Waals surface area contributed by atoms with Gasteiger partial charge < -0.3 is 5.32 Å². The highest BCUT2D eigenvalue weighted by atomic mass is 16.2. The molecule has 0 fully saturated rings. The van der Waals surface area contributed by atoms with Crippen molar-refractivity contribution in [3.63, 3.8) is 0 Å². The van der Waals surface area contributed by atoms with Crippen LogP contribution in [0.3, 0.4) is 0 Å². The Bertz CT molecular complexity index is 393. The van der Waals surface area contributed by atoms with E-state index in [2.05, 4.69) is 25.8 Å². The van der Waals surface area contributed by atoms with Crippen molar-refractivity contribution in [1.82, 2.24) is 20.5 Å². The van der Waals surface area contributed by atoms with E-state index in [0.717, 1.165) is 0 Å². The number of nitrogens with zero attached hydrogens (tertiary/aromatic N) is 2. The number of aromatic amines is 1. The van der Waals surface area contributed by atoms with Gasteiger partial charge >= 0.3 is 0 Å². The first-order chi connectivity index (χ1) is 7.80. The molecule has 17 heavy (non-hydrogen) atoms. The standard InChI is InChI=1S/C10H17N5O2/c1-6(13-8(17)10(2,3)4)7(16)14-9-11-5-12-15-9/h5-6H,1-4H3,(H,13,17)(H2,11,12,14,15,16). The molecule has 0 aliphatic carbocycles. The predicted octanol–water partition coefficient (Wildman–Crippen LogP) is 0.294. The number of carbonyl (C=O) groups is 2. The van der Waals surface area contributed by atoms with E-state index in [1.54, 1.807) is 27.7 Å². The molecule has 0 aliphatic heterocycles. The van der Waals surface area contributed by atoms with Gasteiger partial charge in [-0.25, -0.2) is 5.10 Å². The van der Waals surface area contributed by atoms with Crippen LogP contribution in [-0.4, -0.2) is 33.0 Å². The first kappa shape index (κ1) is 13.1. The van der Waals surface area contributed by atoms with Crippen LogP contribution >= 0.6 is 0 Å². The van der Waals surface area contributed by atoms with E-state index in [0.29, 0.717) is 0 Å². The van der Waals surface area contributed by atoms with Gasteiger partial charge in [-0.3, -0.25) is 14.9 Å². The third-order valence-electron chi connectivity index (χ3n) is 2.08. The van der Waals surface area contributed by atoms with Crippen LogP contribution in [0, 0.1) is 5.41 Å². The van der Waals surface area contributed by atoms with Crippen molar-refractivity contribution in [2.24, 2.45) is 5.41 Å². The minimum absolute atomic E-state index is 0.183. The fourth-order valence-corrected chi connectivity index (χ4v) is 0.969. The quantitative estimate of drug-likeness (QED) is 0.706. The predicted molar refractivity (Wildman–Crippen MR) is 62.1 cm³/mol. The number of hydrogen-bond acceptors (Lipinski definition) is 4. The average molecular weight is 239 g/mol. The molecule has 0 saturated carbocycles. The van der Waals surface area contributed by atoms with Crippen molar-refractivity contribution in [3.05, 3.63) is 6.33 Å². The molecule has 94 valence electrons. The average Bonchev–Trinajstić information content (AvgIpc) is 2.68. The lowest BCUT2D eigenvalue weighted by molar-refractivity contribution is -0.131. The Labute approximate surface area is 99.4 Å². The Kier molecular flexibility index (Phi) is 3.82. The maximum absolute atomic E-state index is 11.7. The molecule has 0 aromatic carbocycles. The third kappa shape index (κ3) is 3.86. The monoisotopic (exact) mass is 239 g/mol. The number of nitrogens with one attached hydrogen (secondary N) is 3. The van der Waals surface area contributed by atoms with E-state index in [9.17, 15) is 9.59 Å². The van der Waals surface area contributed by atoms with Crippen LogP contribution in [0.15, 0.2) is 6.33 Å². The smallest absolute Gasteiger partial charge is 0.249 e. The van der Waals surface area contributed by atoms with E-state index in [1.165, 1.54) is 6.33 Å². The van der Waals surface area contributed by atoms with Gasteiger partial charge in [0.25, 0.3) is 0 Å².